The first kappa shape index (κ1) is 13.1. The molecule has 1 aliphatic heterocycles. The molecule has 1 aliphatic carbocycles. The van der Waals surface area contributed by atoms with Crippen LogP contribution in [-0.2, 0) is 0 Å². The highest BCUT2D eigenvalue weighted by Crippen LogP contribution is 2.24. The van der Waals surface area contributed by atoms with Gasteiger partial charge >= 0.3 is 0 Å². The zero-order chi connectivity index (χ0) is 14.8. The van der Waals surface area contributed by atoms with Crippen LogP contribution in [0, 0.1) is 0 Å². The fourth-order valence-electron chi connectivity index (χ4n) is 2.94. The van der Waals surface area contributed by atoms with E-state index in [1.807, 2.05) is 6.07 Å². The standard InChI is InChI=1S/C20H18N2/c1-2-6-15(7-3-1)16-10-12-17(13-11-16)20-21-14-18-8-4-5-9-19(18)22-20/h1-14,19-22H. The van der Waals surface area contributed by atoms with Crippen LogP contribution < -0.4 is 10.6 Å². The van der Waals surface area contributed by atoms with Gasteiger partial charge in [-0.1, -0.05) is 78.9 Å². The Hall–Kier alpha value is -2.58. The van der Waals surface area contributed by atoms with E-state index in [2.05, 4.69) is 89.7 Å². The summed E-state index contributed by atoms with van der Waals surface area (Å²) in [6.45, 7) is 0. The summed E-state index contributed by atoms with van der Waals surface area (Å²) in [6, 6.07) is 19.5. The van der Waals surface area contributed by atoms with Gasteiger partial charge in [0.1, 0.15) is 6.17 Å². The molecule has 22 heavy (non-hydrogen) atoms. The van der Waals surface area contributed by atoms with E-state index in [0.29, 0.717) is 6.04 Å². The largest absolute Gasteiger partial charge is 0.372 e. The molecule has 0 aromatic heterocycles. The lowest BCUT2D eigenvalue weighted by molar-refractivity contribution is 0.449. The zero-order valence-corrected chi connectivity index (χ0v) is 12.2. The quantitative estimate of drug-likeness (QED) is 0.874. The minimum absolute atomic E-state index is 0.148. The molecule has 0 radical (unpaired) electrons. The predicted octanol–water partition coefficient (Wildman–Crippen LogP) is 3.92. The molecular weight excluding hydrogens is 268 g/mol. The summed E-state index contributed by atoms with van der Waals surface area (Å²) >= 11 is 0. The minimum Gasteiger partial charge on any atom is -0.372 e. The van der Waals surface area contributed by atoms with Crippen molar-refractivity contribution < 1.29 is 0 Å². The lowest BCUT2D eigenvalue weighted by atomic mass is 9.98. The summed E-state index contributed by atoms with van der Waals surface area (Å²) in [5.41, 5.74) is 5.02. The van der Waals surface area contributed by atoms with Gasteiger partial charge in [-0.15, -0.1) is 0 Å². The van der Waals surface area contributed by atoms with E-state index in [-0.39, 0.29) is 6.17 Å². The van der Waals surface area contributed by atoms with Crippen molar-refractivity contribution in [1.82, 2.24) is 10.6 Å². The number of nitrogens with one attached hydrogen (secondary N) is 2. The fraction of sp³-hybridized carbons (Fsp3) is 0.100. The van der Waals surface area contributed by atoms with Crippen molar-refractivity contribution >= 4 is 0 Å². The molecule has 2 aromatic rings. The molecule has 0 saturated carbocycles. The number of rotatable bonds is 2. The van der Waals surface area contributed by atoms with Gasteiger partial charge < -0.3 is 5.32 Å². The molecule has 4 rings (SSSR count). The van der Waals surface area contributed by atoms with Gasteiger partial charge in [0, 0.05) is 6.20 Å². The first-order chi connectivity index (χ1) is 10.9. The minimum atomic E-state index is 0.148. The van der Waals surface area contributed by atoms with Gasteiger partial charge in [0.15, 0.2) is 0 Å². The molecule has 2 atom stereocenters. The molecule has 0 amide bonds. The maximum atomic E-state index is 3.61. The third kappa shape index (κ3) is 2.49. The lowest BCUT2D eigenvalue weighted by Crippen LogP contribution is -2.43. The summed E-state index contributed by atoms with van der Waals surface area (Å²) in [6.07, 6.45) is 10.7. The van der Waals surface area contributed by atoms with Gasteiger partial charge in [-0.3, -0.25) is 5.32 Å². The normalized spacial score (nSPS) is 22.6. The number of hydrogen-bond acceptors (Lipinski definition) is 2. The molecule has 2 N–H and O–H groups in total. The van der Waals surface area contributed by atoms with Crippen molar-refractivity contribution in [3.05, 3.63) is 96.2 Å². The van der Waals surface area contributed by atoms with Gasteiger partial charge in [-0.25, -0.2) is 0 Å². The van der Waals surface area contributed by atoms with Crippen molar-refractivity contribution in [3.8, 4) is 11.1 Å². The monoisotopic (exact) mass is 286 g/mol. The van der Waals surface area contributed by atoms with Crippen LogP contribution in [0.15, 0.2) is 90.7 Å². The maximum Gasteiger partial charge on any atom is 0.103 e. The van der Waals surface area contributed by atoms with Gasteiger partial charge in [0.25, 0.3) is 0 Å². The van der Waals surface area contributed by atoms with Gasteiger partial charge in [0.2, 0.25) is 0 Å². The Kier molecular flexibility index (Phi) is 3.37. The van der Waals surface area contributed by atoms with E-state index >= 15 is 0 Å². The molecule has 2 unspecified atom stereocenters. The Balaban J connectivity index is 1.56. The molecule has 0 fully saturated rings. The van der Waals surface area contributed by atoms with Crippen molar-refractivity contribution in [1.29, 1.82) is 0 Å². The van der Waals surface area contributed by atoms with Gasteiger partial charge in [-0.05, 0) is 22.3 Å². The van der Waals surface area contributed by atoms with E-state index in [0.717, 1.165) is 0 Å². The highest BCUT2D eigenvalue weighted by Gasteiger charge is 2.21. The van der Waals surface area contributed by atoms with Crippen molar-refractivity contribution in [2.24, 2.45) is 0 Å². The Morgan fingerprint density at radius 3 is 2.36 bits per heavy atom. The van der Waals surface area contributed by atoms with Crippen molar-refractivity contribution in [2.45, 2.75) is 12.2 Å². The van der Waals surface area contributed by atoms with E-state index in [9.17, 15) is 0 Å². The molecule has 2 heteroatoms. The average Bonchev–Trinajstić information content (AvgIpc) is 2.62. The first-order valence-corrected chi connectivity index (χ1v) is 7.62. The first-order valence-electron chi connectivity index (χ1n) is 7.62. The molecule has 2 nitrogen and oxygen atoms in total. The van der Waals surface area contributed by atoms with Gasteiger partial charge in [0.05, 0.1) is 6.04 Å². The Bertz CT molecular complexity index is 739. The summed E-state index contributed by atoms with van der Waals surface area (Å²) < 4.78 is 0. The van der Waals surface area contributed by atoms with Gasteiger partial charge in [-0.2, -0.15) is 0 Å². The second-order valence-electron chi connectivity index (χ2n) is 5.62. The van der Waals surface area contributed by atoms with E-state index in [1.54, 1.807) is 0 Å². The number of allylic oxidation sites excluding steroid dienone is 2. The summed E-state index contributed by atoms with van der Waals surface area (Å²) in [7, 11) is 0. The maximum absolute atomic E-state index is 3.61. The Morgan fingerprint density at radius 2 is 1.55 bits per heavy atom. The third-order valence-electron chi connectivity index (χ3n) is 4.18. The highest BCUT2D eigenvalue weighted by atomic mass is 15.2. The van der Waals surface area contributed by atoms with E-state index < -0.39 is 0 Å². The number of benzene rings is 2. The number of fused-ring (bicyclic) bond motifs is 1. The molecule has 2 aromatic carbocycles. The van der Waals surface area contributed by atoms with Crippen LogP contribution in [0.4, 0.5) is 0 Å². The Labute approximate surface area is 130 Å². The summed E-state index contributed by atoms with van der Waals surface area (Å²) in [4.78, 5) is 0. The topological polar surface area (TPSA) is 24.1 Å². The predicted molar refractivity (Wildman–Crippen MR) is 91.0 cm³/mol. The number of hydrogen-bond donors (Lipinski definition) is 2. The molecule has 108 valence electrons. The van der Waals surface area contributed by atoms with E-state index in [1.165, 1.54) is 22.3 Å². The van der Waals surface area contributed by atoms with Crippen LogP contribution in [0.25, 0.3) is 11.1 Å². The second-order valence-corrected chi connectivity index (χ2v) is 5.62. The fourth-order valence-corrected chi connectivity index (χ4v) is 2.94. The zero-order valence-electron chi connectivity index (χ0n) is 12.2. The molecule has 0 spiro atoms. The molecule has 1 heterocycles. The summed E-state index contributed by atoms with van der Waals surface area (Å²) in [5.74, 6) is 0. The molecule has 0 bridgehead atoms. The molecular formula is C20H18N2. The average molecular weight is 286 g/mol. The van der Waals surface area contributed by atoms with Crippen molar-refractivity contribution in [2.75, 3.05) is 0 Å². The van der Waals surface area contributed by atoms with Crippen LogP contribution in [0.1, 0.15) is 11.7 Å². The van der Waals surface area contributed by atoms with Crippen LogP contribution in [0.2, 0.25) is 0 Å². The SMILES string of the molecule is C1=CC2=CNC(c3ccc(-c4ccccc4)cc3)NC2C=C1. The Morgan fingerprint density at radius 1 is 0.773 bits per heavy atom. The molecule has 0 saturated heterocycles. The summed E-state index contributed by atoms with van der Waals surface area (Å²) in [5, 5.41) is 7.05. The van der Waals surface area contributed by atoms with Crippen LogP contribution in [0.5, 0.6) is 0 Å². The smallest absolute Gasteiger partial charge is 0.103 e. The lowest BCUT2D eigenvalue weighted by Gasteiger charge is -2.31. The van der Waals surface area contributed by atoms with E-state index in [4.69, 9.17) is 0 Å². The van der Waals surface area contributed by atoms with Crippen LogP contribution in [-0.4, -0.2) is 6.04 Å². The van der Waals surface area contributed by atoms with Crippen molar-refractivity contribution in [3.63, 3.8) is 0 Å². The van der Waals surface area contributed by atoms with Crippen LogP contribution >= 0.6 is 0 Å². The van der Waals surface area contributed by atoms with Crippen LogP contribution in [0.3, 0.4) is 0 Å². The molecule has 2 aliphatic rings. The third-order valence-corrected chi connectivity index (χ3v) is 4.18. The second kappa shape index (κ2) is 5.66. The highest BCUT2D eigenvalue weighted by molar-refractivity contribution is 5.63.